The Labute approximate surface area is 153 Å². The molecule has 0 fully saturated rings. The van der Waals surface area contributed by atoms with Crippen molar-refractivity contribution >= 4 is 27.5 Å². The number of hydrogen-bond donors (Lipinski definition) is 1. The van der Waals surface area contributed by atoms with Crippen LogP contribution in [0.2, 0.25) is 0 Å². The van der Waals surface area contributed by atoms with E-state index in [1.165, 1.54) is 25.3 Å². The lowest BCUT2D eigenvalue weighted by molar-refractivity contribution is -0.385. The summed E-state index contributed by atoms with van der Waals surface area (Å²) in [6, 6.07) is 11.3. The zero-order valence-electron chi connectivity index (χ0n) is 13.7. The predicted octanol–water partition coefficient (Wildman–Crippen LogP) is 3.62. The summed E-state index contributed by atoms with van der Waals surface area (Å²) in [5, 5.41) is 13.7. The minimum atomic E-state index is -0.540. The third-order valence-corrected chi connectivity index (χ3v) is 3.99. The van der Waals surface area contributed by atoms with E-state index in [4.69, 9.17) is 9.47 Å². The van der Waals surface area contributed by atoms with Crippen molar-refractivity contribution in [2.45, 2.75) is 13.0 Å². The van der Waals surface area contributed by atoms with Crippen molar-refractivity contribution in [1.82, 2.24) is 5.32 Å². The van der Waals surface area contributed by atoms with E-state index in [-0.39, 0.29) is 30.0 Å². The number of carbonyl (C=O) groups excluding carboxylic acids is 1. The number of nitrogens with zero attached hydrogens (tertiary/aromatic N) is 1. The second kappa shape index (κ2) is 8.48. The number of benzene rings is 2. The maximum Gasteiger partial charge on any atom is 0.273 e. The molecule has 0 spiro atoms. The number of ether oxygens (including phenoxy) is 2. The highest BCUT2D eigenvalue weighted by atomic mass is 79.9. The molecular weight excluding hydrogens is 392 g/mol. The van der Waals surface area contributed by atoms with Gasteiger partial charge in [-0.1, -0.05) is 28.1 Å². The van der Waals surface area contributed by atoms with E-state index in [0.29, 0.717) is 5.75 Å². The number of non-ortho nitro benzene ring substituents is 1. The summed E-state index contributed by atoms with van der Waals surface area (Å²) < 4.78 is 11.4. The van der Waals surface area contributed by atoms with Gasteiger partial charge in [0.25, 0.3) is 11.6 Å². The van der Waals surface area contributed by atoms with Crippen LogP contribution in [0.25, 0.3) is 0 Å². The Kier molecular flexibility index (Phi) is 6.35. The van der Waals surface area contributed by atoms with Gasteiger partial charge in [-0.05, 0) is 30.7 Å². The van der Waals surface area contributed by atoms with Crippen LogP contribution in [0, 0.1) is 10.1 Å². The highest BCUT2D eigenvalue weighted by Crippen LogP contribution is 2.31. The molecule has 0 aliphatic rings. The van der Waals surface area contributed by atoms with Gasteiger partial charge in [0, 0.05) is 10.5 Å². The highest BCUT2D eigenvalue weighted by Gasteiger charge is 2.15. The number of nitro groups is 1. The van der Waals surface area contributed by atoms with E-state index >= 15 is 0 Å². The summed E-state index contributed by atoms with van der Waals surface area (Å²) in [5.74, 6) is 0.117. The van der Waals surface area contributed by atoms with Gasteiger partial charge in [-0.25, -0.2) is 0 Å². The average Bonchev–Trinajstić information content (AvgIpc) is 2.60. The summed E-state index contributed by atoms with van der Waals surface area (Å²) in [5.41, 5.74) is 0.809. The fourth-order valence-electron chi connectivity index (χ4n) is 2.15. The van der Waals surface area contributed by atoms with E-state index in [9.17, 15) is 14.9 Å². The van der Waals surface area contributed by atoms with Crippen LogP contribution in [0.5, 0.6) is 11.5 Å². The zero-order chi connectivity index (χ0) is 18.4. The molecule has 8 heteroatoms. The standard InChI is InChI=1S/C17H17BrN2O5/c1-11(12-3-5-13(18)6-4-12)19-17(21)10-25-16-9-14(20(22)23)7-8-15(16)24-2/h3-9,11H,10H2,1-2H3,(H,19,21)/t11-/m0/s1. The molecule has 0 heterocycles. The van der Waals surface area contributed by atoms with Crippen LogP contribution in [0.3, 0.4) is 0 Å². The molecule has 0 aliphatic heterocycles. The highest BCUT2D eigenvalue weighted by molar-refractivity contribution is 9.10. The Bertz CT molecular complexity index is 764. The van der Waals surface area contributed by atoms with Gasteiger partial charge in [0.05, 0.1) is 24.1 Å². The van der Waals surface area contributed by atoms with Gasteiger partial charge in [-0.15, -0.1) is 0 Å². The van der Waals surface area contributed by atoms with Crippen molar-refractivity contribution in [2.75, 3.05) is 13.7 Å². The third-order valence-electron chi connectivity index (χ3n) is 3.46. The molecule has 2 aromatic carbocycles. The van der Waals surface area contributed by atoms with E-state index in [1.807, 2.05) is 31.2 Å². The van der Waals surface area contributed by atoms with Gasteiger partial charge in [0.2, 0.25) is 0 Å². The molecule has 2 rings (SSSR count). The molecule has 7 nitrogen and oxygen atoms in total. The molecule has 0 saturated carbocycles. The van der Waals surface area contributed by atoms with Crippen LogP contribution in [0.4, 0.5) is 5.69 Å². The summed E-state index contributed by atoms with van der Waals surface area (Å²) in [4.78, 5) is 22.4. The summed E-state index contributed by atoms with van der Waals surface area (Å²) in [6.45, 7) is 1.58. The lowest BCUT2D eigenvalue weighted by Crippen LogP contribution is -2.31. The Morgan fingerprint density at radius 2 is 1.92 bits per heavy atom. The number of amides is 1. The van der Waals surface area contributed by atoms with Gasteiger partial charge in [-0.2, -0.15) is 0 Å². The first-order chi connectivity index (χ1) is 11.9. The quantitative estimate of drug-likeness (QED) is 0.557. The lowest BCUT2D eigenvalue weighted by Gasteiger charge is -2.15. The molecule has 0 aliphatic carbocycles. The van der Waals surface area contributed by atoms with Gasteiger partial charge >= 0.3 is 0 Å². The van der Waals surface area contributed by atoms with Crippen LogP contribution >= 0.6 is 15.9 Å². The topological polar surface area (TPSA) is 90.7 Å². The van der Waals surface area contributed by atoms with E-state index < -0.39 is 4.92 Å². The van der Waals surface area contributed by atoms with Crippen molar-refractivity contribution in [3.05, 3.63) is 62.6 Å². The van der Waals surface area contributed by atoms with Crippen molar-refractivity contribution in [2.24, 2.45) is 0 Å². The average molecular weight is 409 g/mol. The number of rotatable bonds is 7. The van der Waals surface area contributed by atoms with Gasteiger partial charge in [0.15, 0.2) is 18.1 Å². The second-order valence-electron chi connectivity index (χ2n) is 5.22. The van der Waals surface area contributed by atoms with Crippen molar-refractivity contribution in [3.63, 3.8) is 0 Å². The van der Waals surface area contributed by atoms with E-state index in [2.05, 4.69) is 21.2 Å². The SMILES string of the molecule is COc1ccc([N+](=O)[O-])cc1OCC(=O)N[C@@H](C)c1ccc(Br)cc1. The molecule has 0 radical (unpaired) electrons. The molecule has 1 amide bonds. The maximum atomic E-state index is 12.1. The molecule has 1 N–H and O–H groups in total. The van der Waals surface area contributed by atoms with Crippen molar-refractivity contribution in [3.8, 4) is 11.5 Å². The first kappa shape index (κ1) is 18.7. The fourth-order valence-corrected chi connectivity index (χ4v) is 2.42. The van der Waals surface area contributed by atoms with Crippen molar-refractivity contribution < 1.29 is 19.2 Å². The van der Waals surface area contributed by atoms with Crippen LogP contribution in [-0.4, -0.2) is 24.5 Å². The summed E-state index contributed by atoms with van der Waals surface area (Å²) >= 11 is 3.36. The lowest BCUT2D eigenvalue weighted by atomic mass is 10.1. The predicted molar refractivity (Wildman–Crippen MR) is 95.8 cm³/mol. The Balaban J connectivity index is 1.98. The molecule has 0 bridgehead atoms. The fraction of sp³-hybridized carbons (Fsp3) is 0.235. The Morgan fingerprint density at radius 1 is 1.24 bits per heavy atom. The molecule has 0 aromatic heterocycles. The number of nitro benzene ring substituents is 1. The second-order valence-corrected chi connectivity index (χ2v) is 6.14. The van der Waals surface area contributed by atoms with Gasteiger partial charge in [-0.3, -0.25) is 14.9 Å². The largest absolute Gasteiger partial charge is 0.493 e. The number of methoxy groups -OCH3 is 1. The Morgan fingerprint density at radius 3 is 2.52 bits per heavy atom. The van der Waals surface area contributed by atoms with Crippen molar-refractivity contribution in [1.29, 1.82) is 0 Å². The Hall–Kier alpha value is -2.61. The molecule has 0 unspecified atom stereocenters. The summed E-state index contributed by atoms with van der Waals surface area (Å²) in [6.07, 6.45) is 0. The molecule has 25 heavy (non-hydrogen) atoms. The first-order valence-corrected chi connectivity index (χ1v) is 8.20. The van der Waals surface area contributed by atoms with Crippen LogP contribution < -0.4 is 14.8 Å². The number of hydrogen-bond acceptors (Lipinski definition) is 5. The van der Waals surface area contributed by atoms with Gasteiger partial charge in [0.1, 0.15) is 0 Å². The summed E-state index contributed by atoms with van der Waals surface area (Å²) in [7, 11) is 1.42. The smallest absolute Gasteiger partial charge is 0.273 e. The number of nitrogens with one attached hydrogen (secondary N) is 1. The first-order valence-electron chi connectivity index (χ1n) is 7.40. The molecule has 1 atom stereocenters. The molecule has 132 valence electrons. The monoisotopic (exact) mass is 408 g/mol. The van der Waals surface area contributed by atoms with Crippen LogP contribution in [0.1, 0.15) is 18.5 Å². The molecular formula is C17H17BrN2O5. The van der Waals surface area contributed by atoms with Crippen LogP contribution in [0.15, 0.2) is 46.9 Å². The molecule has 2 aromatic rings. The van der Waals surface area contributed by atoms with Crippen LogP contribution in [-0.2, 0) is 4.79 Å². The number of halogens is 1. The van der Waals surface area contributed by atoms with E-state index in [1.54, 1.807) is 0 Å². The normalized spacial score (nSPS) is 11.5. The van der Waals surface area contributed by atoms with Gasteiger partial charge < -0.3 is 14.8 Å². The zero-order valence-corrected chi connectivity index (χ0v) is 15.3. The van der Waals surface area contributed by atoms with E-state index in [0.717, 1.165) is 10.0 Å². The third kappa shape index (κ3) is 5.18. The maximum absolute atomic E-state index is 12.1. The minimum absolute atomic E-state index is 0.139. The minimum Gasteiger partial charge on any atom is -0.493 e. The number of carbonyl (C=O) groups is 1. The molecule has 0 saturated heterocycles.